The zero-order valence-electron chi connectivity index (χ0n) is 11.6. The molecule has 0 spiro atoms. The molecule has 0 aliphatic rings. The van der Waals surface area contributed by atoms with Gasteiger partial charge in [0, 0.05) is 11.1 Å². The van der Waals surface area contributed by atoms with Crippen molar-refractivity contribution in [2.75, 3.05) is 0 Å². The quantitative estimate of drug-likeness (QED) is 0.874. The van der Waals surface area contributed by atoms with Crippen molar-refractivity contribution in [3.05, 3.63) is 70.0 Å². The third kappa shape index (κ3) is 4.32. The van der Waals surface area contributed by atoms with Gasteiger partial charge in [0.25, 0.3) is 0 Å². The Hall–Kier alpha value is -1.38. The van der Waals surface area contributed by atoms with Crippen LogP contribution in [-0.2, 0) is 12.8 Å². The molecule has 0 heterocycles. The van der Waals surface area contributed by atoms with Gasteiger partial charge in [-0.3, -0.25) is 0 Å². The lowest BCUT2D eigenvalue weighted by Gasteiger charge is -2.12. The third-order valence-electron chi connectivity index (χ3n) is 3.42. The molecule has 20 heavy (non-hydrogen) atoms. The number of benzene rings is 2. The summed E-state index contributed by atoms with van der Waals surface area (Å²) in [7, 11) is 0. The summed E-state index contributed by atoms with van der Waals surface area (Å²) in [5, 5.41) is 0.416. The summed E-state index contributed by atoms with van der Waals surface area (Å²) in [6.07, 6.45) is 2.29. The van der Waals surface area contributed by atoms with E-state index in [2.05, 4.69) is 31.2 Å². The van der Waals surface area contributed by atoms with Crippen LogP contribution >= 0.6 is 11.6 Å². The van der Waals surface area contributed by atoms with E-state index in [1.54, 1.807) is 12.1 Å². The first-order valence-corrected chi connectivity index (χ1v) is 7.17. The molecule has 106 valence electrons. The van der Waals surface area contributed by atoms with Crippen molar-refractivity contribution in [2.24, 2.45) is 5.73 Å². The molecule has 1 atom stereocenters. The van der Waals surface area contributed by atoms with Gasteiger partial charge in [-0.25, -0.2) is 4.39 Å². The Morgan fingerprint density at radius 2 is 1.85 bits per heavy atom. The van der Waals surface area contributed by atoms with Crippen LogP contribution < -0.4 is 5.73 Å². The van der Waals surface area contributed by atoms with Gasteiger partial charge >= 0.3 is 0 Å². The van der Waals surface area contributed by atoms with E-state index in [0.29, 0.717) is 17.0 Å². The fourth-order valence-electron chi connectivity index (χ4n) is 2.18. The molecular weight excluding hydrogens is 273 g/mol. The van der Waals surface area contributed by atoms with E-state index in [9.17, 15) is 4.39 Å². The first-order chi connectivity index (χ1) is 9.54. The topological polar surface area (TPSA) is 26.0 Å². The van der Waals surface area contributed by atoms with E-state index in [0.717, 1.165) is 12.8 Å². The SMILES string of the molecule is Cc1ccc(CCC(N)Cc2ccc(Cl)cc2F)cc1. The maximum atomic E-state index is 13.7. The number of aryl methyl sites for hydroxylation is 2. The largest absolute Gasteiger partial charge is 0.327 e. The molecule has 2 N–H and O–H groups in total. The fraction of sp³-hybridized carbons (Fsp3) is 0.294. The van der Waals surface area contributed by atoms with Gasteiger partial charge in [0.1, 0.15) is 5.82 Å². The molecule has 0 saturated heterocycles. The predicted octanol–water partition coefficient (Wildman–Crippen LogP) is 4.29. The van der Waals surface area contributed by atoms with Crippen LogP contribution in [0.25, 0.3) is 0 Å². The average Bonchev–Trinajstić information content (AvgIpc) is 2.41. The van der Waals surface area contributed by atoms with Crippen LogP contribution in [0.15, 0.2) is 42.5 Å². The number of hydrogen-bond acceptors (Lipinski definition) is 1. The second-order valence-electron chi connectivity index (χ2n) is 5.22. The Labute approximate surface area is 124 Å². The monoisotopic (exact) mass is 291 g/mol. The second kappa shape index (κ2) is 6.87. The van der Waals surface area contributed by atoms with Crippen molar-refractivity contribution >= 4 is 11.6 Å². The first-order valence-electron chi connectivity index (χ1n) is 6.79. The Kier molecular flexibility index (Phi) is 5.16. The Bertz CT molecular complexity index is 566. The maximum Gasteiger partial charge on any atom is 0.127 e. The lowest BCUT2D eigenvalue weighted by atomic mass is 9.99. The second-order valence-corrected chi connectivity index (χ2v) is 5.66. The van der Waals surface area contributed by atoms with Gasteiger partial charge in [-0.05, 0) is 49.4 Å². The van der Waals surface area contributed by atoms with Gasteiger partial charge < -0.3 is 5.73 Å². The highest BCUT2D eigenvalue weighted by Gasteiger charge is 2.09. The van der Waals surface area contributed by atoms with Crippen LogP contribution in [0.4, 0.5) is 4.39 Å². The van der Waals surface area contributed by atoms with Gasteiger partial charge in [-0.2, -0.15) is 0 Å². The van der Waals surface area contributed by atoms with Crippen LogP contribution in [0.3, 0.4) is 0 Å². The minimum Gasteiger partial charge on any atom is -0.327 e. The lowest BCUT2D eigenvalue weighted by molar-refractivity contribution is 0.566. The van der Waals surface area contributed by atoms with Gasteiger partial charge in [-0.15, -0.1) is 0 Å². The van der Waals surface area contributed by atoms with E-state index in [1.807, 2.05) is 0 Å². The van der Waals surface area contributed by atoms with Gasteiger partial charge in [0.05, 0.1) is 0 Å². The van der Waals surface area contributed by atoms with Crippen LogP contribution in [0.1, 0.15) is 23.1 Å². The Morgan fingerprint density at radius 3 is 2.50 bits per heavy atom. The molecule has 1 nitrogen and oxygen atoms in total. The van der Waals surface area contributed by atoms with E-state index >= 15 is 0 Å². The van der Waals surface area contributed by atoms with Crippen LogP contribution in [0, 0.1) is 12.7 Å². The molecule has 0 aliphatic carbocycles. The smallest absolute Gasteiger partial charge is 0.127 e. The molecule has 0 bridgehead atoms. The molecule has 0 aromatic heterocycles. The zero-order valence-corrected chi connectivity index (χ0v) is 12.3. The molecule has 2 aromatic rings. The summed E-state index contributed by atoms with van der Waals surface area (Å²) < 4.78 is 13.7. The van der Waals surface area contributed by atoms with Crippen molar-refractivity contribution in [1.82, 2.24) is 0 Å². The summed E-state index contributed by atoms with van der Waals surface area (Å²) in [5.74, 6) is -0.275. The maximum absolute atomic E-state index is 13.7. The normalized spacial score (nSPS) is 12.4. The molecule has 1 unspecified atom stereocenters. The van der Waals surface area contributed by atoms with Crippen molar-refractivity contribution in [3.63, 3.8) is 0 Å². The van der Waals surface area contributed by atoms with Crippen molar-refractivity contribution in [2.45, 2.75) is 32.2 Å². The van der Waals surface area contributed by atoms with Crippen molar-refractivity contribution in [3.8, 4) is 0 Å². The highest BCUT2D eigenvalue weighted by molar-refractivity contribution is 6.30. The Morgan fingerprint density at radius 1 is 1.15 bits per heavy atom. The minimum atomic E-state index is -0.275. The van der Waals surface area contributed by atoms with Gasteiger partial charge in [0.2, 0.25) is 0 Å². The minimum absolute atomic E-state index is 0.0491. The highest BCUT2D eigenvalue weighted by atomic mass is 35.5. The standard InChI is InChI=1S/C17H19ClFN/c1-12-2-4-13(5-3-12)6-9-16(20)10-14-7-8-15(18)11-17(14)19/h2-5,7-8,11,16H,6,9-10,20H2,1H3. The molecule has 2 rings (SSSR count). The van der Waals surface area contributed by atoms with Crippen molar-refractivity contribution < 1.29 is 4.39 Å². The fourth-order valence-corrected chi connectivity index (χ4v) is 2.34. The van der Waals surface area contributed by atoms with E-state index in [-0.39, 0.29) is 11.9 Å². The Balaban J connectivity index is 1.89. The first kappa shape index (κ1) is 15.0. The molecule has 0 amide bonds. The number of halogens is 2. The molecule has 0 fully saturated rings. The summed E-state index contributed by atoms with van der Waals surface area (Å²) in [5.41, 5.74) is 9.24. The third-order valence-corrected chi connectivity index (χ3v) is 3.66. The highest BCUT2D eigenvalue weighted by Crippen LogP contribution is 2.17. The summed E-state index contributed by atoms with van der Waals surface area (Å²) in [6.45, 7) is 2.07. The summed E-state index contributed by atoms with van der Waals surface area (Å²) >= 11 is 5.74. The van der Waals surface area contributed by atoms with Gasteiger partial charge in [0.15, 0.2) is 0 Å². The van der Waals surface area contributed by atoms with Gasteiger partial charge in [-0.1, -0.05) is 47.5 Å². The number of nitrogens with two attached hydrogens (primary N) is 1. The predicted molar refractivity (Wildman–Crippen MR) is 82.6 cm³/mol. The average molecular weight is 292 g/mol. The number of rotatable bonds is 5. The molecular formula is C17H19ClFN. The van der Waals surface area contributed by atoms with Crippen LogP contribution in [0.2, 0.25) is 5.02 Å². The van der Waals surface area contributed by atoms with Crippen molar-refractivity contribution in [1.29, 1.82) is 0 Å². The van der Waals surface area contributed by atoms with E-state index in [1.165, 1.54) is 17.2 Å². The molecule has 3 heteroatoms. The lowest BCUT2D eigenvalue weighted by Crippen LogP contribution is -2.24. The van der Waals surface area contributed by atoms with Crippen LogP contribution in [0.5, 0.6) is 0 Å². The molecule has 2 aromatic carbocycles. The van der Waals surface area contributed by atoms with E-state index in [4.69, 9.17) is 17.3 Å². The molecule has 0 aliphatic heterocycles. The number of hydrogen-bond donors (Lipinski definition) is 1. The molecule has 0 radical (unpaired) electrons. The van der Waals surface area contributed by atoms with Crippen LogP contribution in [-0.4, -0.2) is 6.04 Å². The van der Waals surface area contributed by atoms with E-state index < -0.39 is 0 Å². The molecule has 0 saturated carbocycles. The summed E-state index contributed by atoms with van der Waals surface area (Å²) in [4.78, 5) is 0. The summed E-state index contributed by atoms with van der Waals surface area (Å²) in [6, 6.07) is 13.1. The zero-order chi connectivity index (χ0) is 14.5.